The standard InChI is InChI=1S/C18H19NO5S/c1-22-17(20)11-13(16-4-2-9-25-16)19-18(21)12-5-6-14-15(10-12)24-8-3-7-23-14/h2,4-6,9-10,13H,3,7-8,11H2,1H3,(H,19,21)/t13-/m1/s1. The number of carbonyl (C=O) groups excluding carboxylic acids is 2. The summed E-state index contributed by atoms with van der Waals surface area (Å²) in [7, 11) is 1.33. The van der Waals surface area contributed by atoms with E-state index in [0.29, 0.717) is 30.3 Å². The Morgan fingerprint density at radius 1 is 1.24 bits per heavy atom. The van der Waals surface area contributed by atoms with E-state index in [4.69, 9.17) is 14.2 Å². The quantitative estimate of drug-likeness (QED) is 0.829. The summed E-state index contributed by atoms with van der Waals surface area (Å²) in [6.07, 6.45) is 0.878. The Morgan fingerprint density at radius 2 is 2.04 bits per heavy atom. The lowest BCUT2D eigenvalue weighted by Gasteiger charge is -2.17. The van der Waals surface area contributed by atoms with Gasteiger partial charge in [-0.1, -0.05) is 6.07 Å². The van der Waals surface area contributed by atoms with Gasteiger partial charge in [0.2, 0.25) is 0 Å². The average Bonchev–Trinajstić information content (AvgIpc) is 3.06. The smallest absolute Gasteiger partial charge is 0.307 e. The van der Waals surface area contributed by atoms with E-state index in [2.05, 4.69) is 5.32 Å². The second-order valence-corrected chi connectivity index (χ2v) is 6.51. The van der Waals surface area contributed by atoms with E-state index in [1.165, 1.54) is 18.4 Å². The first-order chi connectivity index (χ1) is 12.2. The number of nitrogens with one attached hydrogen (secondary N) is 1. The number of thiophene rings is 1. The molecule has 2 heterocycles. The lowest BCUT2D eigenvalue weighted by Crippen LogP contribution is -2.30. The molecular weight excluding hydrogens is 342 g/mol. The molecule has 0 fully saturated rings. The summed E-state index contributed by atoms with van der Waals surface area (Å²) in [6, 6.07) is 8.41. The van der Waals surface area contributed by atoms with E-state index >= 15 is 0 Å². The molecule has 1 aliphatic heterocycles. The van der Waals surface area contributed by atoms with E-state index in [9.17, 15) is 9.59 Å². The molecule has 0 saturated carbocycles. The van der Waals surface area contributed by atoms with Crippen LogP contribution < -0.4 is 14.8 Å². The molecule has 0 bridgehead atoms. The van der Waals surface area contributed by atoms with Crippen molar-refractivity contribution < 1.29 is 23.8 Å². The maximum atomic E-state index is 12.6. The first-order valence-electron chi connectivity index (χ1n) is 7.98. The third-order valence-electron chi connectivity index (χ3n) is 3.80. The predicted octanol–water partition coefficient (Wildman–Crippen LogP) is 2.94. The number of fused-ring (bicyclic) bond motifs is 1. The zero-order valence-electron chi connectivity index (χ0n) is 13.8. The van der Waals surface area contributed by atoms with Gasteiger partial charge in [0.05, 0.1) is 32.8 Å². The molecule has 0 unspecified atom stereocenters. The van der Waals surface area contributed by atoms with Crippen molar-refractivity contribution in [2.45, 2.75) is 18.9 Å². The van der Waals surface area contributed by atoms with Crippen molar-refractivity contribution in [3.63, 3.8) is 0 Å². The Morgan fingerprint density at radius 3 is 2.76 bits per heavy atom. The van der Waals surface area contributed by atoms with Crippen molar-refractivity contribution in [2.24, 2.45) is 0 Å². The fraction of sp³-hybridized carbons (Fsp3) is 0.333. The van der Waals surface area contributed by atoms with Crippen LogP contribution in [0.1, 0.15) is 34.1 Å². The molecule has 6 nitrogen and oxygen atoms in total. The molecule has 0 spiro atoms. The van der Waals surface area contributed by atoms with Crippen molar-refractivity contribution in [3.8, 4) is 11.5 Å². The van der Waals surface area contributed by atoms with Crippen molar-refractivity contribution in [1.29, 1.82) is 0 Å². The molecule has 1 N–H and O–H groups in total. The Labute approximate surface area is 149 Å². The number of carbonyl (C=O) groups is 2. The largest absolute Gasteiger partial charge is 0.490 e. The summed E-state index contributed by atoms with van der Waals surface area (Å²) in [6.45, 7) is 1.15. The summed E-state index contributed by atoms with van der Waals surface area (Å²) in [4.78, 5) is 25.2. The van der Waals surface area contributed by atoms with Gasteiger partial charge in [-0.05, 0) is 29.6 Å². The highest BCUT2D eigenvalue weighted by molar-refractivity contribution is 7.10. The van der Waals surface area contributed by atoms with Gasteiger partial charge >= 0.3 is 5.97 Å². The number of amides is 1. The molecular formula is C18H19NO5S. The highest BCUT2D eigenvalue weighted by Crippen LogP contribution is 2.31. The predicted molar refractivity (Wildman–Crippen MR) is 93.2 cm³/mol. The van der Waals surface area contributed by atoms with Crippen molar-refractivity contribution >= 4 is 23.2 Å². The van der Waals surface area contributed by atoms with Crippen LogP contribution >= 0.6 is 11.3 Å². The fourth-order valence-electron chi connectivity index (χ4n) is 2.51. The van der Waals surface area contributed by atoms with Crippen LogP contribution in [0.15, 0.2) is 35.7 Å². The highest BCUT2D eigenvalue weighted by Gasteiger charge is 2.21. The summed E-state index contributed by atoms with van der Waals surface area (Å²) >= 11 is 1.48. The van der Waals surface area contributed by atoms with Crippen LogP contribution in [0.5, 0.6) is 11.5 Å². The number of hydrogen-bond donors (Lipinski definition) is 1. The summed E-state index contributed by atoms with van der Waals surface area (Å²) in [5.74, 6) is 0.541. The summed E-state index contributed by atoms with van der Waals surface area (Å²) in [5, 5.41) is 4.80. The highest BCUT2D eigenvalue weighted by atomic mass is 32.1. The van der Waals surface area contributed by atoms with Crippen LogP contribution in [0.25, 0.3) is 0 Å². The van der Waals surface area contributed by atoms with E-state index < -0.39 is 6.04 Å². The third-order valence-corrected chi connectivity index (χ3v) is 4.79. The normalized spacial score (nSPS) is 14.3. The van der Waals surface area contributed by atoms with E-state index in [-0.39, 0.29) is 18.3 Å². The Bertz CT molecular complexity index is 744. The molecule has 0 aliphatic carbocycles. The van der Waals surface area contributed by atoms with Crippen molar-refractivity contribution in [3.05, 3.63) is 46.2 Å². The number of benzene rings is 1. The first kappa shape index (κ1) is 17.3. The molecule has 1 aliphatic rings. The molecule has 25 heavy (non-hydrogen) atoms. The minimum Gasteiger partial charge on any atom is -0.490 e. The van der Waals surface area contributed by atoms with Crippen molar-refractivity contribution in [2.75, 3.05) is 20.3 Å². The molecule has 0 radical (unpaired) electrons. The zero-order valence-corrected chi connectivity index (χ0v) is 14.6. The van der Waals surface area contributed by atoms with Crippen molar-refractivity contribution in [1.82, 2.24) is 5.32 Å². The van der Waals surface area contributed by atoms with Crippen LogP contribution in [-0.2, 0) is 9.53 Å². The van der Waals surface area contributed by atoms with Crippen LogP contribution in [-0.4, -0.2) is 32.2 Å². The molecule has 1 amide bonds. The topological polar surface area (TPSA) is 73.9 Å². The molecule has 1 atom stereocenters. The van der Waals surface area contributed by atoms with Gasteiger partial charge in [0.1, 0.15) is 0 Å². The van der Waals surface area contributed by atoms with Crippen LogP contribution in [0.3, 0.4) is 0 Å². The molecule has 7 heteroatoms. The molecule has 2 aromatic rings. The summed E-state index contributed by atoms with van der Waals surface area (Å²) < 4.78 is 15.9. The SMILES string of the molecule is COC(=O)C[C@@H](NC(=O)c1ccc2c(c1)OCCCO2)c1cccs1. The van der Waals surface area contributed by atoms with Gasteiger partial charge in [0.15, 0.2) is 11.5 Å². The number of methoxy groups -OCH3 is 1. The van der Waals surface area contributed by atoms with E-state index in [0.717, 1.165) is 11.3 Å². The molecule has 3 rings (SSSR count). The monoisotopic (exact) mass is 361 g/mol. The Balaban J connectivity index is 1.77. The lowest BCUT2D eigenvalue weighted by atomic mass is 10.1. The minimum atomic E-state index is -0.434. The number of hydrogen-bond acceptors (Lipinski definition) is 6. The fourth-order valence-corrected chi connectivity index (χ4v) is 3.29. The Hall–Kier alpha value is -2.54. The van der Waals surface area contributed by atoms with E-state index in [1.807, 2.05) is 17.5 Å². The van der Waals surface area contributed by atoms with Gasteiger partial charge < -0.3 is 19.5 Å². The zero-order chi connectivity index (χ0) is 17.6. The van der Waals surface area contributed by atoms with Gasteiger partial charge in [-0.3, -0.25) is 9.59 Å². The van der Waals surface area contributed by atoms with Gasteiger partial charge in [0.25, 0.3) is 5.91 Å². The maximum Gasteiger partial charge on any atom is 0.307 e. The first-order valence-corrected chi connectivity index (χ1v) is 8.86. The Kier molecular flexibility index (Phi) is 5.55. The van der Waals surface area contributed by atoms with Gasteiger partial charge in [-0.2, -0.15) is 0 Å². The molecule has 1 aromatic carbocycles. The molecule has 132 valence electrons. The van der Waals surface area contributed by atoms with Gasteiger partial charge in [0, 0.05) is 16.9 Å². The minimum absolute atomic E-state index is 0.0767. The van der Waals surface area contributed by atoms with Crippen LogP contribution in [0.2, 0.25) is 0 Å². The average molecular weight is 361 g/mol. The third kappa shape index (κ3) is 4.30. The maximum absolute atomic E-state index is 12.6. The van der Waals surface area contributed by atoms with Gasteiger partial charge in [-0.15, -0.1) is 11.3 Å². The lowest BCUT2D eigenvalue weighted by molar-refractivity contribution is -0.141. The summed E-state index contributed by atoms with van der Waals surface area (Å²) in [5.41, 5.74) is 0.454. The number of rotatable bonds is 5. The van der Waals surface area contributed by atoms with Gasteiger partial charge in [-0.25, -0.2) is 0 Å². The molecule has 1 aromatic heterocycles. The van der Waals surface area contributed by atoms with Crippen LogP contribution in [0, 0.1) is 0 Å². The van der Waals surface area contributed by atoms with Crippen LogP contribution in [0.4, 0.5) is 0 Å². The number of ether oxygens (including phenoxy) is 3. The number of esters is 1. The second kappa shape index (κ2) is 8.02. The molecule has 0 saturated heterocycles. The van der Waals surface area contributed by atoms with E-state index in [1.54, 1.807) is 18.2 Å². The second-order valence-electron chi connectivity index (χ2n) is 5.53.